The van der Waals surface area contributed by atoms with Crippen LogP contribution in [-0.2, 0) is 6.54 Å². The number of carbonyl (C=O) groups is 1. The summed E-state index contributed by atoms with van der Waals surface area (Å²) in [5, 5.41) is 16.6. The van der Waals surface area contributed by atoms with Crippen LogP contribution in [0.3, 0.4) is 0 Å². The molecule has 1 amide bonds. The number of carbonyl (C=O) groups excluding carboxylic acids is 1. The van der Waals surface area contributed by atoms with Crippen LogP contribution in [0.4, 0.5) is 5.13 Å². The summed E-state index contributed by atoms with van der Waals surface area (Å²) in [6.07, 6.45) is 3.71. The Balaban J connectivity index is 1.78. The monoisotopic (exact) mass is 384 g/mol. The maximum atomic E-state index is 12.3. The Morgan fingerprint density at radius 2 is 2.19 bits per heavy atom. The lowest BCUT2D eigenvalue weighted by Crippen LogP contribution is -2.27. The number of aromatic nitrogens is 3. The molecule has 3 heterocycles. The largest absolute Gasteiger partial charge is 0.619 e. The van der Waals surface area contributed by atoms with Crippen LogP contribution in [0.1, 0.15) is 42.0 Å². The van der Waals surface area contributed by atoms with Gasteiger partial charge in [-0.3, -0.25) is 10.1 Å². The quantitative estimate of drug-likeness (QED) is 0.512. The number of hydrogen-bond donors (Lipinski definition) is 1. The minimum atomic E-state index is -0.344. The highest BCUT2D eigenvalue weighted by molar-refractivity contribution is 7.14. The summed E-state index contributed by atoms with van der Waals surface area (Å²) in [4.78, 5) is 16.9. The predicted molar refractivity (Wildman–Crippen MR) is 108 cm³/mol. The van der Waals surface area contributed by atoms with Gasteiger partial charge in [0.2, 0.25) is 0 Å². The number of nitrogens with one attached hydrogen (secondary N) is 1. The summed E-state index contributed by atoms with van der Waals surface area (Å²) in [5.74, 6) is 0.310. The number of amides is 1. The van der Waals surface area contributed by atoms with Crippen LogP contribution in [0.2, 0.25) is 0 Å². The minimum Gasteiger partial charge on any atom is -0.619 e. The first-order chi connectivity index (χ1) is 12.8. The lowest BCUT2D eigenvalue weighted by Gasteiger charge is -2.11. The van der Waals surface area contributed by atoms with Crippen LogP contribution >= 0.6 is 11.3 Å². The van der Waals surface area contributed by atoms with E-state index < -0.39 is 0 Å². The molecular formula is C20H24N4O2S. The Morgan fingerprint density at radius 3 is 2.89 bits per heavy atom. The molecule has 0 aromatic carbocycles. The summed E-state index contributed by atoms with van der Waals surface area (Å²) >= 11 is 1.38. The van der Waals surface area contributed by atoms with E-state index in [4.69, 9.17) is 0 Å². The zero-order valence-electron chi connectivity index (χ0n) is 16.0. The second kappa shape index (κ2) is 7.92. The molecule has 0 atom stereocenters. The summed E-state index contributed by atoms with van der Waals surface area (Å²) in [6, 6.07) is 5.29. The fourth-order valence-corrected chi connectivity index (χ4v) is 3.71. The third-order valence-electron chi connectivity index (χ3n) is 4.54. The molecule has 1 N–H and O–H groups in total. The summed E-state index contributed by atoms with van der Waals surface area (Å²) in [6.45, 7) is 9.67. The van der Waals surface area contributed by atoms with Crippen molar-refractivity contribution in [3.05, 3.63) is 58.1 Å². The van der Waals surface area contributed by atoms with E-state index in [0.29, 0.717) is 21.3 Å². The zero-order valence-corrected chi connectivity index (χ0v) is 16.8. The van der Waals surface area contributed by atoms with Crippen molar-refractivity contribution in [3.8, 4) is 11.3 Å². The molecule has 0 spiro atoms. The molecule has 0 radical (unpaired) electrons. The summed E-state index contributed by atoms with van der Waals surface area (Å²) in [5.41, 5.74) is 4.64. The number of aryl methyl sites for hydroxylation is 1. The van der Waals surface area contributed by atoms with E-state index in [1.165, 1.54) is 35.1 Å². The Kier molecular flexibility index (Phi) is 5.60. The van der Waals surface area contributed by atoms with E-state index in [1.807, 2.05) is 5.38 Å². The van der Waals surface area contributed by atoms with Crippen LogP contribution in [0, 0.1) is 25.0 Å². The lowest BCUT2D eigenvalue weighted by atomic mass is 10.1. The fourth-order valence-electron chi connectivity index (χ4n) is 3.00. The van der Waals surface area contributed by atoms with Gasteiger partial charge in [0.05, 0.1) is 5.69 Å². The van der Waals surface area contributed by atoms with Gasteiger partial charge in [0.25, 0.3) is 5.91 Å². The van der Waals surface area contributed by atoms with Crippen LogP contribution in [-0.4, -0.2) is 15.5 Å². The predicted octanol–water partition coefficient (Wildman–Crippen LogP) is 4.16. The molecular weight excluding hydrogens is 360 g/mol. The van der Waals surface area contributed by atoms with E-state index in [1.54, 1.807) is 12.1 Å². The molecule has 0 saturated carbocycles. The molecule has 142 valence electrons. The first kappa shape index (κ1) is 19.1. The van der Waals surface area contributed by atoms with Gasteiger partial charge in [0, 0.05) is 34.9 Å². The molecule has 0 aliphatic rings. The number of rotatable bonds is 6. The molecule has 0 aliphatic heterocycles. The van der Waals surface area contributed by atoms with Crippen LogP contribution in [0.5, 0.6) is 0 Å². The number of anilines is 1. The molecule has 0 fully saturated rings. The van der Waals surface area contributed by atoms with Crippen molar-refractivity contribution < 1.29 is 9.52 Å². The third kappa shape index (κ3) is 4.36. The standard InChI is InChI=1S/C20H24N4O2S/c1-13(2)7-9-24-14(3)10-17(15(24)4)18-12-27-20(21-18)22-19(25)16-6-5-8-23(26)11-16/h5-6,8,10-13H,7,9H2,1-4H3,(H,21,22,25). The number of nitrogens with zero attached hydrogens (tertiary/aromatic N) is 3. The van der Waals surface area contributed by atoms with Crippen molar-refractivity contribution in [2.45, 2.75) is 40.7 Å². The Labute approximate surface area is 163 Å². The van der Waals surface area contributed by atoms with E-state index in [9.17, 15) is 10.0 Å². The molecule has 0 saturated heterocycles. The molecule has 3 aromatic rings. The van der Waals surface area contributed by atoms with E-state index in [-0.39, 0.29) is 5.91 Å². The van der Waals surface area contributed by atoms with Crippen LogP contribution in [0.15, 0.2) is 36.0 Å². The fraction of sp³-hybridized carbons (Fsp3) is 0.350. The first-order valence-corrected chi connectivity index (χ1v) is 9.86. The summed E-state index contributed by atoms with van der Waals surface area (Å²) in [7, 11) is 0. The first-order valence-electron chi connectivity index (χ1n) is 8.98. The highest BCUT2D eigenvalue weighted by Crippen LogP contribution is 2.30. The normalized spacial score (nSPS) is 11.1. The molecule has 3 rings (SSSR count). The second-order valence-electron chi connectivity index (χ2n) is 7.06. The number of pyridine rings is 1. The molecule has 0 bridgehead atoms. The van der Waals surface area contributed by atoms with E-state index in [0.717, 1.165) is 24.2 Å². The van der Waals surface area contributed by atoms with E-state index in [2.05, 4.69) is 48.6 Å². The van der Waals surface area contributed by atoms with Gasteiger partial charge in [-0.1, -0.05) is 13.8 Å². The summed E-state index contributed by atoms with van der Waals surface area (Å²) < 4.78 is 2.93. The van der Waals surface area contributed by atoms with Gasteiger partial charge in [0.1, 0.15) is 5.56 Å². The Morgan fingerprint density at radius 1 is 1.41 bits per heavy atom. The lowest BCUT2D eigenvalue weighted by molar-refractivity contribution is -0.605. The van der Waals surface area contributed by atoms with Gasteiger partial charge in [-0.2, -0.15) is 4.73 Å². The second-order valence-corrected chi connectivity index (χ2v) is 7.92. The number of hydrogen-bond acceptors (Lipinski definition) is 4. The van der Waals surface area contributed by atoms with Crippen molar-refractivity contribution >= 4 is 22.4 Å². The molecule has 27 heavy (non-hydrogen) atoms. The van der Waals surface area contributed by atoms with Gasteiger partial charge in [0.15, 0.2) is 17.5 Å². The Hall–Kier alpha value is -2.67. The van der Waals surface area contributed by atoms with Crippen molar-refractivity contribution in [1.29, 1.82) is 0 Å². The van der Waals surface area contributed by atoms with Crippen LogP contribution in [0.25, 0.3) is 11.3 Å². The van der Waals surface area contributed by atoms with Crippen molar-refractivity contribution in [2.75, 3.05) is 5.32 Å². The molecule has 7 heteroatoms. The SMILES string of the molecule is Cc1cc(-c2csc(NC(=O)c3ccc[n+]([O-])c3)n2)c(C)n1CCC(C)C. The van der Waals surface area contributed by atoms with Gasteiger partial charge in [-0.15, -0.1) is 11.3 Å². The maximum Gasteiger partial charge on any atom is 0.263 e. The van der Waals surface area contributed by atoms with Crippen LogP contribution < -0.4 is 10.0 Å². The zero-order chi connectivity index (χ0) is 19.6. The van der Waals surface area contributed by atoms with Gasteiger partial charge >= 0.3 is 0 Å². The third-order valence-corrected chi connectivity index (χ3v) is 5.30. The minimum absolute atomic E-state index is 0.302. The van der Waals surface area contributed by atoms with Crippen molar-refractivity contribution in [3.63, 3.8) is 0 Å². The molecule has 6 nitrogen and oxygen atoms in total. The van der Waals surface area contributed by atoms with Gasteiger partial charge < -0.3 is 9.77 Å². The maximum absolute atomic E-state index is 12.3. The molecule has 3 aromatic heterocycles. The Bertz CT molecular complexity index is 959. The van der Waals surface area contributed by atoms with Gasteiger partial charge in [-0.05, 0) is 38.3 Å². The van der Waals surface area contributed by atoms with Crippen molar-refractivity contribution in [1.82, 2.24) is 9.55 Å². The average molecular weight is 385 g/mol. The highest BCUT2D eigenvalue weighted by Gasteiger charge is 2.16. The topological polar surface area (TPSA) is 73.9 Å². The molecule has 0 aliphatic carbocycles. The van der Waals surface area contributed by atoms with Crippen molar-refractivity contribution in [2.24, 2.45) is 5.92 Å². The molecule has 0 unspecified atom stereocenters. The number of thiazole rings is 1. The van der Waals surface area contributed by atoms with E-state index >= 15 is 0 Å². The highest BCUT2D eigenvalue weighted by atomic mass is 32.1. The smallest absolute Gasteiger partial charge is 0.263 e. The van der Waals surface area contributed by atoms with Gasteiger partial charge in [-0.25, -0.2) is 4.98 Å². The average Bonchev–Trinajstić information content (AvgIpc) is 3.17.